The minimum atomic E-state index is -0.666. The highest BCUT2D eigenvalue weighted by Gasteiger charge is 2.08. The summed E-state index contributed by atoms with van der Waals surface area (Å²) < 4.78 is 0.867. The van der Waals surface area contributed by atoms with Crippen molar-refractivity contribution in [3.63, 3.8) is 0 Å². The molecule has 2 N–H and O–H groups in total. The van der Waals surface area contributed by atoms with Gasteiger partial charge in [0.25, 0.3) is 11.5 Å². The normalized spacial score (nSPS) is 10.7. The molecule has 120 valence electrons. The zero-order valence-electron chi connectivity index (χ0n) is 13.0. The lowest BCUT2D eigenvalue weighted by molar-refractivity contribution is 0.0949. The number of benzene rings is 1. The van der Waals surface area contributed by atoms with Gasteiger partial charge in [-0.15, -0.1) is 0 Å². The highest BCUT2D eigenvalue weighted by Crippen LogP contribution is 2.10. The molecule has 0 radical (unpaired) electrons. The van der Waals surface area contributed by atoms with E-state index in [0.29, 0.717) is 0 Å². The number of carbonyl (C=O) groups excluding carboxylic acids is 1. The van der Waals surface area contributed by atoms with Crippen molar-refractivity contribution in [3.05, 3.63) is 62.4 Å². The average Bonchev–Trinajstić information content (AvgIpc) is 2.52. The van der Waals surface area contributed by atoms with Crippen molar-refractivity contribution in [3.8, 4) is 0 Å². The van der Waals surface area contributed by atoms with Gasteiger partial charge in [-0.1, -0.05) is 12.1 Å². The molecule has 0 aliphatic carbocycles. The Balaban J connectivity index is 2.06. The van der Waals surface area contributed by atoms with Crippen molar-refractivity contribution in [2.75, 3.05) is 19.0 Å². The zero-order chi connectivity index (χ0) is 17.0. The first-order chi connectivity index (χ1) is 10.9. The van der Waals surface area contributed by atoms with Gasteiger partial charge in [-0.3, -0.25) is 14.2 Å². The molecule has 0 spiro atoms. The van der Waals surface area contributed by atoms with Gasteiger partial charge in [0.2, 0.25) is 0 Å². The van der Waals surface area contributed by atoms with E-state index in [1.807, 2.05) is 43.3 Å². The van der Waals surface area contributed by atoms with Crippen molar-refractivity contribution >= 4 is 17.8 Å². The molecule has 0 saturated heterocycles. The fourth-order valence-corrected chi connectivity index (χ4v) is 1.76. The number of nitrogens with zero attached hydrogens (tertiary/aromatic N) is 3. The number of rotatable bonds is 4. The molecule has 2 rings (SSSR count). The van der Waals surface area contributed by atoms with E-state index in [4.69, 9.17) is 0 Å². The Bertz CT molecular complexity index is 815. The molecule has 1 heterocycles. The molecule has 1 amide bonds. The van der Waals surface area contributed by atoms with Crippen LogP contribution in [0.25, 0.3) is 0 Å². The summed E-state index contributed by atoms with van der Waals surface area (Å²) in [6.07, 6.45) is 1.47. The molecule has 0 aliphatic heterocycles. The SMILES string of the molecule is CN(C)c1ccc(C=NNC(=O)c2cc(=O)n(C)c(=O)[nH]2)cc1. The largest absolute Gasteiger partial charge is 0.378 e. The van der Waals surface area contributed by atoms with E-state index in [2.05, 4.69) is 15.5 Å². The Labute approximate surface area is 132 Å². The number of aromatic nitrogens is 2. The lowest BCUT2D eigenvalue weighted by atomic mass is 10.2. The van der Waals surface area contributed by atoms with Crippen LogP contribution in [0.5, 0.6) is 0 Å². The summed E-state index contributed by atoms with van der Waals surface area (Å²) in [4.78, 5) is 39.0. The maximum absolute atomic E-state index is 11.8. The van der Waals surface area contributed by atoms with Crippen molar-refractivity contribution < 1.29 is 4.79 Å². The van der Waals surface area contributed by atoms with Crippen molar-refractivity contribution in [1.82, 2.24) is 15.0 Å². The first-order valence-electron chi connectivity index (χ1n) is 6.79. The number of amides is 1. The van der Waals surface area contributed by atoms with Crippen molar-refractivity contribution in [2.24, 2.45) is 12.1 Å². The predicted octanol–water partition coefficient (Wildman–Crippen LogP) is -0.0965. The summed E-state index contributed by atoms with van der Waals surface area (Å²) in [6, 6.07) is 8.58. The topological polar surface area (TPSA) is 99.6 Å². The van der Waals surface area contributed by atoms with Crippen LogP contribution in [0.15, 0.2) is 45.0 Å². The van der Waals surface area contributed by atoms with Gasteiger partial charge in [-0.2, -0.15) is 5.10 Å². The lowest BCUT2D eigenvalue weighted by Crippen LogP contribution is -2.35. The summed E-state index contributed by atoms with van der Waals surface area (Å²) in [7, 11) is 5.20. The first-order valence-corrected chi connectivity index (χ1v) is 6.79. The third-order valence-corrected chi connectivity index (χ3v) is 3.18. The van der Waals surface area contributed by atoms with E-state index in [0.717, 1.165) is 21.9 Å². The Morgan fingerprint density at radius 2 is 1.91 bits per heavy atom. The van der Waals surface area contributed by atoms with Crippen LogP contribution in [-0.2, 0) is 7.05 Å². The molecule has 0 saturated carbocycles. The number of hydrogen-bond acceptors (Lipinski definition) is 5. The van der Waals surface area contributed by atoms with Crippen LogP contribution < -0.4 is 21.6 Å². The molecule has 0 fully saturated rings. The summed E-state index contributed by atoms with van der Waals surface area (Å²) in [5, 5.41) is 3.81. The molecule has 1 aromatic heterocycles. The molecular weight excluding hydrogens is 298 g/mol. The van der Waals surface area contributed by atoms with Gasteiger partial charge in [-0.25, -0.2) is 10.2 Å². The van der Waals surface area contributed by atoms with E-state index >= 15 is 0 Å². The van der Waals surface area contributed by atoms with Crippen LogP contribution in [0, 0.1) is 0 Å². The second-order valence-electron chi connectivity index (χ2n) is 5.07. The van der Waals surface area contributed by atoms with Gasteiger partial charge in [0.1, 0.15) is 5.69 Å². The Morgan fingerprint density at radius 1 is 1.26 bits per heavy atom. The number of aromatic amines is 1. The Kier molecular flexibility index (Phi) is 4.75. The lowest BCUT2D eigenvalue weighted by Gasteiger charge is -2.11. The number of hydrazone groups is 1. The van der Waals surface area contributed by atoms with Crippen LogP contribution in [0.3, 0.4) is 0 Å². The molecule has 2 aromatic rings. The summed E-state index contributed by atoms with van der Waals surface area (Å²) in [5.41, 5.74) is 2.74. The van der Waals surface area contributed by atoms with Crippen molar-refractivity contribution in [1.29, 1.82) is 0 Å². The van der Waals surface area contributed by atoms with E-state index in [1.165, 1.54) is 13.3 Å². The maximum Gasteiger partial charge on any atom is 0.328 e. The minimum Gasteiger partial charge on any atom is -0.378 e. The Hall–Kier alpha value is -3.16. The molecule has 23 heavy (non-hydrogen) atoms. The fraction of sp³-hybridized carbons (Fsp3) is 0.200. The molecular formula is C15H17N5O3. The number of nitrogens with one attached hydrogen (secondary N) is 2. The first kappa shape index (κ1) is 16.2. The summed E-state index contributed by atoms with van der Waals surface area (Å²) in [5.74, 6) is -0.666. The van der Waals surface area contributed by atoms with Gasteiger partial charge >= 0.3 is 5.69 Å². The molecule has 8 heteroatoms. The minimum absolute atomic E-state index is 0.141. The summed E-state index contributed by atoms with van der Waals surface area (Å²) >= 11 is 0. The number of anilines is 1. The second-order valence-corrected chi connectivity index (χ2v) is 5.07. The van der Waals surface area contributed by atoms with Crippen LogP contribution in [0.1, 0.15) is 16.1 Å². The molecule has 1 aromatic carbocycles. The second kappa shape index (κ2) is 6.73. The standard InChI is InChI=1S/C15H17N5O3/c1-19(2)11-6-4-10(5-7-11)9-16-18-14(22)12-8-13(21)20(3)15(23)17-12/h4-9H,1-3H3,(H,17,23)(H,18,22). The highest BCUT2D eigenvalue weighted by molar-refractivity contribution is 5.92. The third kappa shape index (κ3) is 3.94. The zero-order valence-corrected chi connectivity index (χ0v) is 13.0. The third-order valence-electron chi connectivity index (χ3n) is 3.18. The molecule has 8 nitrogen and oxygen atoms in total. The molecule has 0 unspecified atom stereocenters. The van der Waals surface area contributed by atoms with Gasteiger partial charge < -0.3 is 9.88 Å². The maximum atomic E-state index is 11.8. The van der Waals surface area contributed by atoms with Gasteiger partial charge in [0, 0.05) is 32.9 Å². The Morgan fingerprint density at radius 3 is 2.48 bits per heavy atom. The highest BCUT2D eigenvalue weighted by atomic mass is 16.2. The molecule has 0 atom stereocenters. The van der Waals surface area contributed by atoms with E-state index < -0.39 is 17.2 Å². The van der Waals surface area contributed by atoms with E-state index in [9.17, 15) is 14.4 Å². The molecule has 0 aliphatic rings. The average molecular weight is 315 g/mol. The van der Waals surface area contributed by atoms with Crippen molar-refractivity contribution in [2.45, 2.75) is 0 Å². The predicted molar refractivity (Wildman–Crippen MR) is 88.1 cm³/mol. The monoisotopic (exact) mass is 315 g/mol. The van der Waals surface area contributed by atoms with E-state index in [-0.39, 0.29) is 5.69 Å². The number of carbonyl (C=O) groups is 1. The van der Waals surface area contributed by atoms with E-state index in [1.54, 1.807) is 0 Å². The van der Waals surface area contributed by atoms with Gasteiger partial charge in [0.15, 0.2) is 0 Å². The summed E-state index contributed by atoms with van der Waals surface area (Å²) in [6.45, 7) is 0. The quantitative estimate of drug-likeness (QED) is 0.608. The van der Waals surface area contributed by atoms with Crippen LogP contribution in [0.4, 0.5) is 5.69 Å². The molecule has 0 bridgehead atoms. The number of hydrogen-bond donors (Lipinski definition) is 2. The van der Waals surface area contributed by atoms with Crippen LogP contribution in [-0.4, -0.2) is 35.8 Å². The van der Waals surface area contributed by atoms with Crippen LogP contribution >= 0.6 is 0 Å². The smallest absolute Gasteiger partial charge is 0.328 e. The fourth-order valence-electron chi connectivity index (χ4n) is 1.76. The van der Waals surface area contributed by atoms with Crippen LogP contribution in [0.2, 0.25) is 0 Å². The number of H-pyrrole nitrogens is 1. The van der Waals surface area contributed by atoms with Gasteiger partial charge in [0.05, 0.1) is 6.21 Å². The van der Waals surface area contributed by atoms with Gasteiger partial charge in [-0.05, 0) is 17.7 Å².